The Bertz CT molecular complexity index is 346. The van der Waals surface area contributed by atoms with E-state index in [0.717, 1.165) is 16.7 Å². The number of carbonyl (C=O) groups excluding carboxylic acids is 1. The van der Waals surface area contributed by atoms with Gasteiger partial charge in [0.05, 0.1) is 6.04 Å². The zero-order valence-corrected chi connectivity index (χ0v) is 9.22. The summed E-state index contributed by atoms with van der Waals surface area (Å²) in [6, 6.07) is 3.64. The van der Waals surface area contributed by atoms with Gasteiger partial charge in [-0.3, -0.25) is 4.79 Å². The number of hydrogen-bond acceptors (Lipinski definition) is 2. The predicted octanol–water partition coefficient (Wildman–Crippen LogP) is 2.20. The standard InChI is InChI=1S/C12H17NO/c1-7-5-8(2)11(9(3)6-7)12(13)10(4)14/h5-6,12H,13H2,1-4H3. The van der Waals surface area contributed by atoms with Crippen LogP contribution in [-0.4, -0.2) is 5.78 Å². The van der Waals surface area contributed by atoms with Gasteiger partial charge in [0, 0.05) is 0 Å². The van der Waals surface area contributed by atoms with E-state index < -0.39 is 6.04 Å². The Morgan fingerprint density at radius 1 is 1.21 bits per heavy atom. The zero-order chi connectivity index (χ0) is 10.9. The Hall–Kier alpha value is -1.15. The van der Waals surface area contributed by atoms with Gasteiger partial charge < -0.3 is 5.73 Å². The molecule has 0 heterocycles. The average molecular weight is 191 g/mol. The molecule has 2 nitrogen and oxygen atoms in total. The SMILES string of the molecule is CC(=O)C(N)c1c(C)cc(C)cc1C. The third-order valence-corrected chi connectivity index (χ3v) is 2.49. The first-order valence-electron chi connectivity index (χ1n) is 4.77. The lowest BCUT2D eigenvalue weighted by Crippen LogP contribution is -2.20. The molecule has 2 heteroatoms. The lowest BCUT2D eigenvalue weighted by Gasteiger charge is -2.15. The Labute approximate surface area is 85.1 Å². The maximum Gasteiger partial charge on any atom is 0.151 e. The number of ketones is 1. The topological polar surface area (TPSA) is 43.1 Å². The average Bonchev–Trinajstić information content (AvgIpc) is 2.01. The van der Waals surface area contributed by atoms with Crippen molar-refractivity contribution in [3.63, 3.8) is 0 Å². The summed E-state index contributed by atoms with van der Waals surface area (Å²) in [4.78, 5) is 11.2. The van der Waals surface area contributed by atoms with Crippen LogP contribution < -0.4 is 5.73 Å². The maximum absolute atomic E-state index is 11.2. The van der Waals surface area contributed by atoms with Crippen LogP contribution in [0.1, 0.15) is 35.2 Å². The van der Waals surface area contributed by atoms with E-state index in [0.29, 0.717) is 0 Å². The Kier molecular flexibility index (Phi) is 3.06. The van der Waals surface area contributed by atoms with Gasteiger partial charge in [0.1, 0.15) is 0 Å². The van der Waals surface area contributed by atoms with Crippen molar-refractivity contribution in [2.24, 2.45) is 5.73 Å². The molecule has 0 radical (unpaired) electrons. The first-order valence-corrected chi connectivity index (χ1v) is 4.77. The molecule has 1 atom stereocenters. The number of hydrogen-bond donors (Lipinski definition) is 1. The third kappa shape index (κ3) is 2.02. The van der Waals surface area contributed by atoms with E-state index in [1.165, 1.54) is 12.5 Å². The van der Waals surface area contributed by atoms with Crippen molar-refractivity contribution in [1.82, 2.24) is 0 Å². The van der Waals surface area contributed by atoms with Crippen LogP contribution in [0.3, 0.4) is 0 Å². The van der Waals surface area contributed by atoms with E-state index in [1.807, 2.05) is 20.8 Å². The van der Waals surface area contributed by atoms with Gasteiger partial charge in [-0.1, -0.05) is 17.7 Å². The molecule has 1 aromatic rings. The van der Waals surface area contributed by atoms with Crippen molar-refractivity contribution in [1.29, 1.82) is 0 Å². The first-order chi connectivity index (χ1) is 6.43. The third-order valence-electron chi connectivity index (χ3n) is 2.49. The smallest absolute Gasteiger partial charge is 0.151 e. The van der Waals surface area contributed by atoms with Crippen LogP contribution in [0.4, 0.5) is 0 Å². The molecule has 1 rings (SSSR count). The lowest BCUT2D eigenvalue weighted by atomic mass is 9.93. The summed E-state index contributed by atoms with van der Waals surface area (Å²) in [6.45, 7) is 7.57. The molecule has 2 N–H and O–H groups in total. The van der Waals surface area contributed by atoms with E-state index >= 15 is 0 Å². The van der Waals surface area contributed by atoms with Gasteiger partial charge in [-0.05, 0) is 44.4 Å². The molecule has 0 saturated carbocycles. The molecule has 76 valence electrons. The van der Waals surface area contributed by atoms with Crippen LogP contribution in [0.5, 0.6) is 0 Å². The fourth-order valence-electron chi connectivity index (χ4n) is 1.89. The van der Waals surface area contributed by atoms with Crippen molar-refractivity contribution in [3.8, 4) is 0 Å². The highest BCUT2D eigenvalue weighted by molar-refractivity contribution is 5.83. The molecule has 0 aliphatic rings. The molecule has 0 saturated heterocycles. The highest BCUT2D eigenvalue weighted by atomic mass is 16.1. The molecular formula is C12H17NO. The fraction of sp³-hybridized carbons (Fsp3) is 0.417. The summed E-state index contributed by atoms with van der Waals surface area (Å²) in [5.41, 5.74) is 10.2. The molecule has 0 aliphatic carbocycles. The van der Waals surface area contributed by atoms with Crippen molar-refractivity contribution >= 4 is 5.78 Å². The van der Waals surface area contributed by atoms with Crippen molar-refractivity contribution < 1.29 is 4.79 Å². The molecule has 0 aromatic heterocycles. The molecule has 0 amide bonds. The summed E-state index contributed by atoms with van der Waals surface area (Å²) >= 11 is 0. The summed E-state index contributed by atoms with van der Waals surface area (Å²) in [5, 5.41) is 0. The number of Topliss-reactive ketones (excluding diaryl/α,β-unsaturated/α-hetero) is 1. The minimum atomic E-state index is -0.476. The van der Waals surface area contributed by atoms with Crippen LogP contribution in [-0.2, 0) is 4.79 Å². The number of carbonyl (C=O) groups is 1. The highest BCUT2D eigenvalue weighted by Gasteiger charge is 2.15. The quantitative estimate of drug-likeness (QED) is 0.778. The van der Waals surface area contributed by atoms with Gasteiger partial charge in [0.15, 0.2) is 5.78 Å². The highest BCUT2D eigenvalue weighted by Crippen LogP contribution is 2.22. The fourth-order valence-corrected chi connectivity index (χ4v) is 1.89. The van der Waals surface area contributed by atoms with E-state index in [2.05, 4.69) is 12.1 Å². The second-order valence-corrected chi connectivity index (χ2v) is 3.90. The van der Waals surface area contributed by atoms with Crippen LogP contribution in [0.25, 0.3) is 0 Å². The molecule has 14 heavy (non-hydrogen) atoms. The van der Waals surface area contributed by atoms with Gasteiger partial charge in [-0.15, -0.1) is 0 Å². The van der Waals surface area contributed by atoms with Crippen LogP contribution in [0.15, 0.2) is 12.1 Å². The minimum Gasteiger partial charge on any atom is -0.318 e. The minimum absolute atomic E-state index is 0.0139. The lowest BCUT2D eigenvalue weighted by molar-refractivity contribution is -0.118. The number of benzene rings is 1. The second kappa shape index (κ2) is 3.93. The Balaban J connectivity index is 3.27. The molecular weight excluding hydrogens is 174 g/mol. The predicted molar refractivity (Wildman–Crippen MR) is 58.3 cm³/mol. The number of aryl methyl sites for hydroxylation is 3. The molecule has 0 spiro atoms. The van der Waals surface area contributed by atoms with Crippen molar-refractivity contribution in [3.05, 3.63) is 34.4 Å². The monoisotopic (exact) mass is 191 g/mol. The molecule has 1 aromatic carbocycles. The van der Waals surface area contributed by atoms with E-state index in [1.54, 1.807) is 0 Å². The number of rotatable bonds is 2. The van der Waals surface area contributed by atoms with Gasteiger partial charge >= 0.3 is 0 Å². The van der Waals surface area contributed by atoms with E-state index in [4.69, 9.17) is 5.73 Å². The van der Waals surface area contributed by atoms with E-state index in [9.17, 15) is 4.79 Å². The molecule has 0 fully saturated rings. The molecule has 0 bridgehead atoms. The summed E-state index contributed by atoms with van der Waals surface area (Å²) < 4.78 is 0. The van der Waals surface area contributed by atoms with Gasteiger partial charge in [0.2, 0.25) is 0 Å². The van der Waals surface area contributed by atoms with Crippen molar-refractivity contribution in [2.75, 3.05) is 0 Å². The van der Waals surface area contributed by atoms with Crippen LogP contribution >= 0.6 is 0 Å². The van der Waals surface area contributed by atoms with Crippen molar-refractivity contribution in [2.45, 2.75) is 33.7 Å². The molecule has 0 aliphatic heterocycles. The second-order valence-electron chi connectivity index (χ2n) is 3.90. The molecule has 1 unspecified atom stereocenters. The summed E-state index contributed by atoms with van der Waals surface area (Å²) in [6.07, 6.45) is 0. The summed E-state index contributed by atoms with van der Waals surface area (Å²) in [7, 11) is 0. The van der Waals surface area contributed by atoms with Gasteiger partial charge in [-0.25, -0.2) is 0 Å². The summed E-state index contributed by atoms with van der Waals surface area (Å²) in [5.74, 6) is 0.0139. The normalized spacial score (nSPS) is 12.6. The Morgan fingerprint density at radius 3 is 2.00 bits per heavy atom. The number of nitrogens with two attached hydrogens (primary N) is 1. The zero-order valence-electron chi connectivity index (χ0n) is 9.22. The largest absolute Gasteiger partial charge is 0.318 e. The van der Waals surface area contributed by atoms with Gasteiger partial charge in [-0.2, -0.15) is 0 Å². The van der Waals surface area contributed by atoms with Gasteiger partial charge in [0.25, 0.3) is 0 Å². The van der Waals surface area contributed by atoms with Crippen LogP contribution in [0.2, 0.25) is 0 Å². The van der Waals surface area contributed by atoms with Crippen LogP contribution in [0, 0.1) is 20.8 Å². The first kappa shape index (κ1) is 10.9. The maximum atomic E-state index is 11.2. The van der Waals surface area contributed by atoms with E-state index in [-0.39, 0.29) is 5.78 Å². The Morgan fingerprint density at radius 2 is 1.64 bits per heavy atom.